The van der Waals surface area contributed by atoms with Crippen LogP contribution in [0.5, 0.6) is 0 Å². The van der Waals surface area contributed by atoms with Crippen molar-refractivity contribution in [2.75, 3.05) is 26.2 Å². The first-order valence-corrected chi connectivity index (χ1v) is 7.89. The molecule has 1 aromatic rings. The van der Waals surface area contributed by atoms with Crippen LogP contribution in [0.15, 0.2) is 30.3 Å². The van der Waals surface area contributed by atoms with Crippen molar-refractivity contribution in [1.82, 2.24) is 9.80 Å². The van der Waals surface area contributed by atoms with Gasteiger partial charge >= 0.3 is 0 Å². The number of hydrogen-bond donors (Lipinski definition) is 1. The predicted molar refractivity (Wildman–Crippen MR) is 86.4 cm³/mol. The van der Waals surface area contributed by atoms with Crippen LogP contribution in [0.3, 0.4) is 0 Å². The summed E-state index contributed by atoms with van der Waals surface area (Å²) < 4.78 is 0. The van der Waals surface area contributed by atoms with Crippen LogP contribution >= 0.6 is 0 Å². The molecular weight excluding hydrogens is 278 g/mol. The number of benzene rings is 1. The maximum absolute atomic E-state index is 12.5. The lowest BCUT2D eigenvalue weighted by atomic mass is 10.0. The maximum Gasteiger partial charge on any atom is 0.253 e. The van der Waals surface area contributed by atoms with Crippen LogP contribution in [0.2, 0.25) is 0 Å². The zero-order valence-electron chi connectivity index (χ0n) is 13.4. The van der Waals surface area contributed by atoms with Crippen LogP contribution in [-0.2, 0) is 4.79 Å². The summed E-state index contributed by atoms with van der Waals surface area (Å²) in [5.41, 5.74) is 6.65. The van der Waals surface area contributed by atoms with Crippen molar-refractivity contribution < 1.29 is 9.59 Å². The summed E-state index contributed by atoms with van der Waals surface area (Å²) in [5.74, 6) is 0.143. The summed E-state index contributed by atoms with van der Waals surface area (Å²) in [6.07, 6.45) is 0.787. The Kier molecular flexibility index (Phi) is 5.55. The molecule has 1 atom stereocenters. The van der Waals surface area contributed by atoms with E-state index in [1.807, 2.05) is 49.1 Å². The zero-order valence-corrected chi connectivity index (χ0v) is 13.4. The fourth-order valence-electron chi connectivity index (χ4n) is 2.60. The SMILES string of the molecule is CC(C)[C@H](N)C(=O)N1CCCN(C(=O)c2ccccc2)CC1. The number of hydrogen-bond acceptors (Lipinski definition) is 3. The molecule has 1 aliphatic rings. The normalized spacial score (nSPS) is 17.3. The summed E-state index contributed by atoms with van der Waals surface area (Å²) in [4.78, 5) is 28.4. The Morgan fingerprint density at radius 2 is 1.59 bits per heavy atom. The van der Waals surface area contributed by atoms with Gasteiger partial charge in [0.1, 0.15) is 0 Å². The number of nitrogens with zero attached hydrogens (tertiary/aromatic N) is 2. The van der Waals surface area contributed by atoms with E-state index < -0.39 is 6.04 Å². The molecule has 1 aliphatic heterocycles. The van der Waals surface area contributed by atoms with E-state index in [9.17, 15) is 9.59 Å². The Morgan fingerprint density at radius 3 is 2.23 bits per heavy atom. The van der Waals surface area contributed by atoms with E-state index in [1.54, 1.807) is 4.90 Å². The average molecular weight is 303 g/mol. The predicted octanol–water partition coefficient (Wildman–Crippen LogP) is 1.34. The van der Waals surface area contributed by atoms with E-state index in [0.717, 1.165) is 6.42 Å². The van der Waals surface area contributed by atoms with Crippen molar-refractivity contribution in [3.63, 3.8) is 0 Å². The van der Waals surface area contributed by atoms with E-state index in [0.29, 0.717) is 31.7 Å². The molecule has 2 amide bonds. The lowest BCUT2D eigenvalue weighted by Crippen LogP contribution is -2.47. The van der Waals surface area contributed by atoms with Crippen LogP contribution in [0.1, 0.15) is 30.6 Å². The smallest absolute Gasteiger partial charge is 0.253 e. The summed E-state index contributed by atoms with van der Waals surface area (Å²) >= 11 is 0. The summed E-state index contributed by atoms with van der Waals surface area (Å²) in [6, 6.07) is 8.81. The minimum atomic E-state index is -0.462. The number of rotatable bonds is 3. The molecule has 0 radical (unpaired) electrons. The molecule has 5 nitrogen and oxygen atoms in total. The average Bonchev–Trinajstić information content (AvgIpc) is 2.79. The Bertz CT molecular complexity index is 516. The van der Waals surface area contributed by atoms with Gasteiger partial charge in [-0.2, -0.15) is 0 Å². The Labute approximate surface area is 132 Å². The lowest BCUT2D eigenvalue weighted by molar-refractivity contribution is -0.133. The highest BCUT2D eigenvalue weighted by molar-refractivity contribution is 5.94. The van der Waals surface area contributed by atoms with Gasteiger partial charge in [0, 0.05) is 31.7 Å². The minimum absolute atomic E-state index is 0.0102. The molecule has 0 aromatic heterocycles. The van der Waals surface area contributed by atoms with Gasteiger partial charge in [-0.25, -0.2) is 0 Å². The highest BCUT2D eigenvalue weighted by Gasteiger charge is 2.27. The first-order chi connectivity index (χ1) is 10.5. The van der Waals surface area contributed by atoms with Crippen molar-refractivity contribution in [1.29, 1.82) is 0 Å². The van der Waals surface area contributed by atoms with E-state index >= 15 is 0 Å². The van der Waals surface area contributed by atoms with Gasteiger partial charge in [-0.1, -0.05) is 32.0 Å². The summed E-state index contributed by atoms with van der Waals surface area (Å²) in [7, 11) is 0. The third-order valence-electron chi connectivity index (χ3n) is 4.12. The fraction of sp³-hybridized carbons (Fsp3) is 0.529. The molecule has 120 valence electrons. The first kappa shape index (κ1) is 16.5. The van der Waals surface area contributed by atoms with Gasteiger partial charge in [0.2, 0.25) is 5.91 Å². The van der Waals surface area contributed by atoms with Crippen LogP contribution in [0, 0.1) is 5.92 Å². The fourth-order valence-corrected chi connectivity index (χ4v) is 2.60. The van der Waals surface area contributed by atoms with Crippen molar-refractivity contribution in [3.8, 4) is 0 Å². The van der Waals surface area contributed by atoms with E-state index in [2.05, 4.69) is 0 Å². The van der Waals surface area contributed by atoms with Crippen LogP contribution in [0.25, 0.3) is 0 Å². The number of amides is 2. The van der Waals surface area contributed by atoms with Gasteiger partial charge in [0.05, 0.1) is 6.04 Å². The third-order valence-corrected chi connectivity index (χ3v) is 4.12. The molecule has 0 spiro atoms. The second-order valence-electron chi connectivity index (χ2n) is 6.11. The largest absolute Gasteiger partial charge is 0.340 e. The highest BCUT2D eigenvalue weighted by atomic mass is 16.2. The molecular formula is C17H25N3O2. The van der Waals surface area contributed by atoms with Crippen LogP contribution in [0.4, 0.5) is 0 Å². The number of nitrogens with two attached hydrogens (primary N) is 1. The molecule has 5 heteroatoms. The summed E-state index contributed by atoms with van der Waals surface area (Å²) in [6.45, 7) is 6.35. The molecule has 1 heterocycles. The van der Waals surface area contributed by atoms with Gasteiger partial charge in [-0.05, 0) is 24.5 Å². The van der Waals surface area contributed by atoms with E-state index in [-0.39, 0.29) is 17.7 Å². The van der Waals surface area contributed by atoms with Crippen molar-refractivity contribution in [2.24, 2.45) is 11.7 Å². The van der Waals surface area contributed by atoms with Gasteiger partial charge in [-0.15, -0.1) is 0 Å². The van der Waals surface area contributed by atoms with Crippen molar-refractivity contribution in [3.05, 3.63) is 35.9 Å². The Morgan fingerprint density at radius 1 is 1.00 bits per heavy atom. The summed E-state index contributed by atoms with van der Waals surface area (Å²) in [5, 5.41) is 0. The second-order valence-corrected chi connectivity index (χ2v) is 6.11. The van der Waals surface area contributed by atoms with Gasteiger partial charge in [0.25, 0.3) is 5.91 Å². The Hall–Kier alpha value is -1.88. The number of carbonyl (C=O) groups excluding carboxylic acids is 2. The molecule has 0 bridgehead atoms. The highest BCUT2D eigenvalue weighted by Crippen LogP contribution is 2.11. The van der Waals surface area contributed by atoms with E-state index in [4.69, 9.17) is 5.73 Å². The molecule has 22 heavy (non-hydrogen) atoms. The standard InChI is InChI=1S/C17H25N3O2/c1-13(2)15(18)17(22)20-10-6-9-19(11-12-20)16(21)14-7-4-3-5-8-14/h3-5,7-8,13,15H,6,9-12,18H2,1-2H3/t15-/m0/s1. The first-order valence-electron chi connectivity index (χ1n) is 7.89. The molecule has 0 aliphatic carbocycles. The van der Waals surface area contributed by atoms with Crippen molar-refractivity contribution >= 4 is 11.8 Å². The third kappa shape index (κ3) is 3.85. The molecule has 1 fully saturated rings. The van der Waals surface area contributed by atoms with Crippen LogP contribution < -0.4 is 5.73 Å². The van der Waals surface area contributed by atoms with Gasteiger partial charge in [0.15, 0.2) is 0 Å². The topological polar surface area (TPSA) is 66.6 Å². The second kappa shape index (κ2) is 7.40. The molecule has 0 saturated carbocycles. The van der Waals surface area contributed by atoms with Gasteiger partial charge in [-0.3, -0.25) is 9.59 Å². The lowest BCUT2D eigenvalue weighted by Gasteiger charge is -2.26. The van der Waals surface area contributed by atoms with Gasteiger partial charge < -0.3 is 15.5 Å². The molecule has 1 aromatic carbocycles. The quantitative estimate of drug-likeness (QED) is 0.916. The molecule has 1 saturated heterocycles. The monoisotopic (exact) mass is 303 g/mol. The zero-order chi connectivity index (χ0) is 16.1. The van der Waals surface area contributed by atoms with E-state index in [1.165, 1.54) is 0 Å². The number of carbonyl (C=O) groups is 2. The molecule has 2 N–H and O–H groups in total. The molecule has 0 unspecified atom stereocenters. The Balaban J connectivity index is 1.98. The molecule has 2 rings (SSSR count). The minimum Gasteiger partial charge on any atom is -0.340 e. The van der Waals surface area contributed by atoms with Crippen LogP contribution in [-0.4, -0.2) is 53.8 Å². The van der Waals surface area contributed by atoms with Crippen molar-refractivity contribution in [2.45, 2.75) is 26.3 Å². The maximum atomic E-state index is 12.5.